The van der Waals surface area contributed by atoms with Gasteiger partial charge < -0.3 is 10.2 Å². The molecule has 0 aliphatic carbocycles. The van der Waals surface area contributed by atoms with Crippen LogP contribution in [-0.4, -0.2) is 34.7 Å². The molecule has 24 heavy (non-hydrogen) atoms. The molecule has 6 heteroatoms. The average molecular weight is 324 g/mol. The Labute approximate surface area is 140 Å². The zero-order valence-corrected chi connectivity index (χ0v) is 13.6. The Morgan fingerprint density at radius 2 is 1.71 bits per heavy atom. The second-order valence-electron chi connectivity index (χ2n) is 5.93. The topological polar surface area (TPSA) is 75.2 Å². The lowest BCUT2D eigenvalue weighted by atomic mass is 9.96. The number of nitrogens with zero attached hydrogens (tertiary/aromatic N) is 3. The molecule has 1 aliphatic heterocycles. The molecule has 2 aromatic rings. The normalized spacial score (nSPS) is 15.1. The number of carbonyl (C=O) groups excluding carboxylic acids is 2. The third kappa shape index (κ3) is 3.76. The van der Waals surface area contributed by atoms with E-state index in [9.17, 15) is 9.59 Å². The highest BCUT2D eigenvalue weighted by Crippen LogP contribution is 2.22. The highest BCUT2D eigenvalue weighted by molar-refractivity contribution is 5.96. The lowest BCUT2D eigenvalue weighted by molar-refractivity contribution is -0.120. The second-order valence-corrected chi connectivity index (χ2v) is 5.93. The van der Waals surface area contributed by atoms with Crippen LogP contribution >= 0.6 is 0 Å². The highest BCUT2D eigenvalue weighted by atomic mass is 16.2. The number of benzene rings is 1. The predicted octanol–water partition coefficient (Wildman–Crippen LogP) is 2.53. The molecular weight excluding hydrogens is 304 g/mol. The molecule has 1 N–H and O–H groups in total. The van der Waals surface area contributed by atoms with Gasteiger partial charge in [-0.05, 0) is 50.1 Å². The molecule has 0 bridgehead atoms. The van der Waals surface area contributed by atoms with E-state index in [1.165, 1.54) is 6.92 Å². The Kier molecular flexibility index (Phi) is 4.84. The molecule has 3 rings (SSSR count). The molecule has 0 spiro atoms. The maximum atomic E-state index is 12.4. The summed E-state index contributed by atoms with van der Waals surface area (Å²) in [5.74, 6) is 0.746. The van der Waals surface area contributed by atoms with Gasteiger partial charge in [0.15, 0.2) is 5.78 Å². The molecule has 1 aliphatic rings. The summed E-state index contributed by atoms with van der Waals surface area (Å²) in [5, 5.41) is 2.93. The van der Waals surface area contributed by atoms with Gasteiger partial charge >= 0.3 is 0 Å². The quantitative estimate of drug-likeness (QED) is 0.875. The molecule has 1 fully saturated rings. The van der Waals surface area contributed by atoms with Crippen LogP contribution in [0.25, 0.3) is 0 Å². The van der Waals surface area contributed by atoms with Crippen LogP contribution in [0.4, 0.5) is 11.6 Å². The summed E-state index contributed by atoms with van der Waals surface area (Å²) in [6.07, 6.45) is 5.00. The van der Waals surface area contributed by atoms with E-state index in [1.807, 2.05) is 0 Å². The third-order valence-electron chi connectivity index (χ3n) is 4.26. The monoisotopic (exact) mass is 324 g/mol. The zero-order chi connectivity index (χ0) is 16.9. The summed E-state index contributed by atoms with van der Waals surface area (Å²) >= 11 is 0. The van der Waals surface area contributed by atoms with Gasteiger partial charge in [-0.15, -0.1) is 0 Å². The van der Waals surface area contributed by atoms with Gasteiger partial charge in [-0.25, -0.2) is 9.97 Å². The maximum absolute atomic E-state index is 12.4. The molecule has 1 aromatic carbocycles. The summed E-state index contributed by atoms with van der Waals surface area (Å²) in [4.78, 5) is 34.3. The molecule has 0 radical (unpaired) electrons. The Bertz CT molecular complexity index is 708. The first-order chi connectivity index (χ1) is 11.6. The van der Waals surface area contributed by atoms with Crippen LogP contribution in [0.5, 0.6) is 0 Å². The minimum Gasteiger partial charge on any atom is -0.341 e. The molecule has 0 atom stereocenters. The van der Waals surface area contributed by atoms with Crippen LogP contribution in [-0.2, 0) is 4.79 Å². The van der Waals surface area contributed by atoms with Gasteiger partial charge in [-0.2, -0.15) is 0 Å². The fraction of sp³-hybridized carbons (Fsp3) is 0.333. The second kappa shape index (κ2) is 7.21. The summed E-state index contributed by atoms with van der Waals surface area (Å²) in [7, 11) is 0. The lowest BCUT2D eigenvalue weighted by Gasteiger charge is -2.31. The van der Waals surface area contributed by atoms with E-state index in [-0.39, 0.29) is 17.6 Å². The van der Waals surface area contributed by atoms with Crippen molar-refractivity contribution in [3.8, 4) is 0 Å². The van der Waals surface area contributed by atoms with E-state index in [4.69, 9.17) is 0 Å². The number of rotatable bonds is 4. The zero-order valence-electron chi connectivity index (χ0n) is 13.6. The van der Waals surface area contributed by atoms with Crippen molar-refractivity contribution >= 4 is 23.3 Å². The largest absolute Gasteiger partial charge is 0.341 e. The van der Waals surface area contributed by atoms with Crippen LogP contribution in [0.3, 0.4) is 0 Å². The van der Waals surface area contributed by atoms with Gasteiger partial charge in [0.05, 0.1) is 0 Å². The summed E-state index contributed by atoms with van der Waals surface area (Å²) in [6, 6.07) is 8.78. The molecule has 1 saturated heterocycles. The number of amides is 1. The number of piperidine rings is 1. The Balaban J connectivity index is 1.54. The van der Waals surface area contributed by atoms with Crippen molar-refractivity contribution in [1.29, 1.82) is 0 Å². The SMILES string of the molecule is CC(=O)c1ccc(NC(=O)C2CCN(c3ncccn3)CC2)cc1. The van der Waals surface area contributed by atoms with Crippen LogP contribution in [0.15, 0.2) is 42.7 Å². The van der Waals surface area contributed by atoms with Crippen LogP contribution in [0.2, 0.25) is 0 Å². The van der Waals surface area contributed by atoms with Crippen molar-refractivity contribution in [2.75, 3.05) is 23.3 Å². The van der Waals surface area contributed by atoms with Crippen molar-refractivity contribution in [1.82, 2.24) is 9.97 Å². The number of aromatic nitrogens is 2. The Hall–Kier alpha value is -2.76. The average Bonchev–Trinajstić information content (AvgIpc) is 2.63. The van der Waals surface area contributed by atoms with E-state index in [1.54, 1.807) is 42.7 Å². The summed E-state index contributed by atoms with van der Waals surface area (Å²) in [5.41, 5.74) is 1.36. The van der Waals surface area contributed by atoms with Crippen molar-refractivity contribution in [3.05, 3.63) is 48.3 Å². The number of carbonyl (C=O) groups is 2. The first kappa shape index (κ1) is 16.1. The van der Waals surface area contributed by atoms with Gasteiger partial charge in [-0.1, -0.05) is 0 Å². The van der Waals surface area contributed by atoms with Gasteiger partial charge in [0.1, 0.15) is 0 Å². The molecule has 6 nitrogen and oxygen atoms in total. The van der Waals surface area contributed by atoms with E-state index in [0.717, 1.165) is 37.6 Å². The number of ketones is 1. The summed E-state index contributed by atoms with van der Waals surface area (Å²) in [6.45, 7) is 3.06. The summed E-state index contributed by atoms with van der Waals surface area (Å²) < 4.78 is 0. The Morgan fingerprint density at radius 3 is 2.29 bits per heavy atom. The van der Waals surface area contributed by atoms with Crippen molar-refractivity contribution in [2.24, 2.45) is 5.92 Å². The van der Waals surface area contributed by atoms with Crippen LogP contribution in [0.1, 0.15) is 30.1 Å². The van der Waals surface area contributed by atoms with E-state index in [0.29, 0.717) is 5.56 Å². The van der Waals surface area contributed by atoms with E-state index < -0.39 is 0 Å². The molecule has 124 valence electrons. The first-order valence-electron chi connectivity index (χ1n) is 8.07. The van der Waals surface area contributed by atoms with Gasteiger partial charge in [0.25, 0.3) is 0 Å². The third-order valence-corrected chi connectivity index (χ3v) is 4.26. The molecule has 0 unspecified atom stereocenters. The van der Waals surface area contributed by atoms with E-state index >= 15 is 0 Å². The highest BCUT2D eigenvalue weighted by Gasteiger charge is 2.26. The number of nitrogens with one attached hydrogen (secondary N) is 1. The number of hydrogen-bond acceptors (Lipinski definition) is 5. The number of hydrogen-bond donors (Lipinski definition) is 1. The molecule has 1 amide bonds. The maximum Gasteiger partial charge on any atom is 0.227 e. The Morgan fingerprint density at radius 1 is 1.08 bits per heavy atom. The van der Waals surface area contributed by atoms with Crippen LogP contribution in [0, 0.1) is 5.92 Å². The molecule has 0 saturated carbocycles. The predicted molar refractivity (Wildman–Crippen MR) is 92.0 cm³/mol. The fourth-order valence-electron chi connectivity index (χ4n) is 2.83. The minimum absolute atomic E-state index is 0.0163. The van der Waals surface area contributed by atoms with Crippen LogP contribution < -0.4 is 10.2 Å². The van der Waals surface area contributed by atoms with E-state index in [2.05, 4.69) is 20.2 Å². The first-order valence-corrected chi connectivity index (χ1v) is 8.07. The molecule has 1 aromatic heterocycles. The standard InChI is InChI=1S/C18H20N4O2/c1-13(23)14-3-5-16(6-4-14)21-17(24)15-7-11-22(12-8-15)18-19-9-2-10-20-18/h2-6,9-10,15H,7-8,11-12H2,1H3,(H,21,24). The van der Waals surface area contributed by atoms with Crippen molar-refractivity contribution in [2.45, 2.75) is 19.8 Å². The van der Waals surface area contributed by atoms with Gasteiger partial charge in [0.2, 0.25) is 11.9 Å². The smallest absolute Gasteiger partial charge is 0.227 e. The molecule has 2 heterocycles. The number of Topliss-reactive ketones (excluding diaryl/α,β-unsaturated/α-hetero) is 1. The molecular formula is C18H20N4O2. The fourth-order valence-corrected chi connectivity index (χ4v) is 2.83. The van der Waals surface area contributed by atoms with Gasteiger partial charge in [0, 0.05) is 42.7 Å². The van der Waals surface area contributed by atoms with Crippen molar-refractivity contribution < 1.29 is 9.59 Å². The number of anilines is 2. The van der Waals surface area contributed by atoms with Gasteiger partial charge in [-0.3, -0.25) is 9.59 Å². The lowest BCUT2D eigenvalue weighted by Crippen LogP contribution is -2.39. The van der Waals surface area contributed by atoms with Crippen molar-refractivity contribution in [3.63, 3.8) is 0 Å². The minimum atomic E-state index is -0.0163.